The van der Waals surface area contributed by atoms with Gasteiger partial charge in [-0.2, -0.15) is 4.98 Å². The van der Waals surface area contributed by atoms with Gasteiger partial charge in [0.15, 0.2) is 5.65 Å². The number of hydrogen-bond acceptors (Lipinski definition) is 4. The number of nitrogens with zero attached hydrogens (tertiary/aromatic N) is 3. The number of carbonyl (C=O) groups excluding carboxylic acids is 1. The molecule has 2 N–H and O–H groups in total. The molecule has 2 aromatic rings. The molecule has 0 aliphatic heterocycles. The molecule has 0 saturated carbocycles. The van der Waals surface area contributed by atoms with Crippen LogP contribution in [-0.2, 0) is 4.79 Å². The maximum atomic E-state index is 11.8. The first kappa shape index (κ1) is 13.3. The Bertz CT molecular complexity index is 590. The van der Waals surface area contributed by atoms with Gasteiger partial charge >= 0.3 is 0 Å². The maximum Gasteiger partial charge on any atom is 0.243 e. The van der Waals surface area contributed by atoms with Crippen molar-refractivity contribution in [2.24, 2.45) is 0 Å². The van der Waals surface area contributed by atoms with E-state index in [1.807, 2.05) is 39.0 Å². The fourth-order valence-electron chi connectivity index (χ4n) is 1.77. The van der Waals surface area contributed by atoms with E-state index in [2.05, 4.69) is 20.7 Å². The van der Waals surface area contributed by atoms with Gasteiger partial charge in [-0.1, -0.05) is 6.07 Å². The van der Waals surface area contributed by atoms with Crippen LogP contribution < -0.4 is 10.6 Å². The number of hydrogen-bond donors (Lipinski definition) is 2. The summed E-state index contributed by atoms with van der Waals surface area (Å²) in [6.45, 7) is 7.60. The summed E-state index contributed by atoms with van der Waals surface area (Å²) in [7, 11) is 0. The summed E-state index contributed by atoms with van der Waals surface area (Å²) in [5.41, 5.74) is 1.76. The molecule has 0 radical (unpaired) electrons. The van der Waals surface area contributed by atoms with Crippen LogP contribution in [0.3, 0.4) is 0 Å². The predicted octanol–water partition coefficient (Wildman–Crippen LogP) is 1.36. The lowest BCUT2D eigenvalue weighted by Crippen LogP contribution is -2.41. The molecule has 0 bridgehead atoms. The summed E-state index contributed by atoms with van der Waals surface area (Å²) in [4.78, 5) is 16.1. The van der Waals surface area contributed by atoms with Gasteiger partial charge < -0.3 is 10.6 Å². The number of rotatable bonds is 4. The number of anilines is 1. The van der Waals surface area contributed by atoms with E-state index in [4.69, 9.17) is 0 Å². The first-order chi connectivity index (χ1) is 8.97. The summed E-state index contributed by atoms with van der Waals surface area (Å²) in [5, 5.41) is 10.2. The van der Waals surface area contributed by atoms with Gasteiger partial charge in [-0.05, 0) is 39.8 Å². The van der Waals surface area contributed by atoms with Crippen LogP contribution in [0.5, 0.6) is 0 Å². The average molecular weight is 261 g/mol. The molecule has 1 unspecified atom stereocenters. The Morgan fingerprint density at radius 1 is 1.32 bits per heavy atom. The molecule has 6 nitrogen and oxygen atoms in total. The van der Waals surface area contributed by atoms with Crippen LogP contribution in [0.1, 0.15) is 26.5 Å². The number of nitrogens with one attached hydrogen (secondary N) is 2. The van der Waals surface area contributed by atoms with E-state index in [9.17, 15) is 4.79 Å². The molecular formula is C13H19N5O. The van der Waals surface area contributed by atoms with Crippen molar-refractivity contribution in [3.05, 3.63) is 23.9 Å². The molecule has 0 aliphatic carbocycles. The Morgan fingerprint density at radius 3 is 2.68 bits per heavy atom. The van der Waals surface area contributed by atoms with Gasteiger partial charge in [0.2, 0.25) is 11.9 Å². The smallest absolute Gasteiger partial charge is 0.243 e. The van der Waals surface area contributed by atoms with Gasteiger partial charge in [0.25, 0.3) is 0 Å². The number of aromatic nitrogens is 3. The van der Waals surface area contributed by atoms with Crippen LogP contribution >= 0.6 is 0 Å². The first-order valence-corrected chi connectivity index (χ1v) is 6.36. The summed E-state index contributed by atoms with van der Waals surface area (Å²) in [6, 6.07) is 5.51. The minimum atomic E-state index is -0.375. The highest BCUT2D eigenvalue weighted by molar-refractivity contribution is 5.83. The first-order valence-electron chi connectivity index (χ1n) is 6.36. The SMILES string of the molecule is Cc1cccc2nc(NC(C)C(=O)NC(C)C)nn12. The van der Waals surface area contributed by atoms with E-state index in [1.165, 1.54) is 0 Å². The molecule has 102 valence electrons. The minimum absolute atomic E-state index is 0.0643. The highest BCUT2D eigenvalue weighted by Crippen LogP contribution is 2.08. The topological polar surface area (TPSA) is 71.3 Å². The highest BCUT2D eigenvalue weighted by Gasteiger charge is 2.15. The third-order valence-corrected chi connectivity index (χ3v) is 2.72. The van der Waals surface area contributed by atoms with Crippen molar-refractivity contribution in [2.45, 2.75) is 39.8 Å². The predicted molar refractivity (Wildman–Crippen MR) is 74.1 cm³/mol. The van der Waals surface area contributed by atoms with Gasteiger partial charge in [-0.25, -0.2) is 4.52 Å². The molecule has 2 aromatic heterocycles. The van der Waals surface area contributed by atoms with Crippen LogP contribution in [-0.4, -0.2) is 32.6 Å². The molecule has 2 rings (SSSR count). The Balaban J connectivity index is 2.13. The van der Waals surface area contributed by atoms with Gasteiger partial charge in [-0.3, -0.25) is 4.79 Å². The average Bonchev–Trinajstić information content (AvgIpc) is 2.72. The van der Waals surface area contributed by atoms with Crippen LogP contribution in [0.4, 0.5) is 5.95 Å². The second kappa shape index (κ2) is 5.26. The second-order valence-electron chi connectivity index (χ2n) is 4.90. The lowest BCUT2D eigenvalue weighted by Gasteiger charge is -2.14. The molecule has 0 spiro atoms. The van der Waals surface area contributed by atoms with Crippen molar-refractivity contribution < 1.29 is 4.79 Å². The summed E-state index contributed by atoms with van der Waals surface area (Å²) in [6.07, 6.45) is 0. The maximum absolute atomic E-state index is 11.8. The normalized spacial score (nSPS) is 12.7. The summed E-state index contributed by atoms with van der Waals surface area (Å²) >= 11 is 0. The zero-order valence-corrected chi connectivity index (χ0v) is 11.6. The Kier molecular flexibility index (Phi) is 3.69. The van der Waals surface area contributed by atoms with Gasteiger partial charge in [-0.15, -0.1) is 5.10 Å². The number of aryl methyl sites for hydroxylation is 1. The van der Waals surface area contributed by atoms with Gasteiger partial charge in [0.05, 0.1) is 0 Å². The van der Waals surface area contributed by atoms with Gasteiger partial charge in [0.1, 0.15) is 6.04 Å². The lowest BCUT2D eigenvalue weighted by molar-refractivity contribution is -0.122. The van der Waals surface area contributed by atoms with E-state index in [1.54, 1.807) is 11.4 Å². The van der Waals surface area contributed by atoms with E-state index < -0.39 is 0 Å². The van der Waals surface area contributed by atoms with Crippen molar-refractivity contribution in [1.82, 2.24) is 19.9 Å². The fraction of sp³-hybridized carbons (Fsp3) is 0.462. The van der Waals surface area contributed by atoms with Crippen molar-refractivity contribution in [1.29, 1.82) is 0 Å². The summed E-state index contributed by atoms with van der Waals surface area (Å²) in [5.74, 6) is 0.395. The molecule has 1 amide bonds. The number of amides is 1. The molecule has 1 atom stereocenters. The van der Waals surface area contributed by atoms with E-state index in [0.717, 1.165) is 11.3 Å². The largest absolute Gasteiger partial charge is 0.352 e. The van der Waals surface area contributed by atoms with Crippen LogP contribution in [0.2, 0.25) is 0 Å². The molecule has 0 aromatic carbocycles. The summed E-state index contributed by atoms with van der Waals surface area (Å²) < 4.78 is 1.75. The molecule has 0 aliphatic rings. The Labute approximate surface area is 112 Å². The van der Waals surface area contributed by atoms with E-state index >= 15 is 0 Å². The van der Waals surface area contributed by atoms with E-state index in [-0.39, 0.29) is 18.0 Å². The third kappa shape index (κ3) is 3.01. The number of carbonyl (C=O) groups is 1. The highest BCUT2D eigenvalue weighted by atomic mass is 16.2. The molecule has 0 fully saturated rings. The zero-order chi connectivity index (χ0) is 14.0. The monoisotopic (exact) mass is 261 g/mol. The quantitative estimate of drug-likeness (QED) is 0.872. The van der Waals surface area contributed by atoms with Crippen LogP contribution in [0.15, 0.2) is 18.2 Å². The van der Waals surface area contributed by atoms with Crippen LogP contribution in [0, 0.1) is 6.92 Å². The van der Waals surface area contributed by atoms with Crippen LogP contribution in [0.25, 0.3) is 5.65 Å². The second-order valence-corrected chi connectivity index (χ2v) is 4.90. The number of pyridine rings is 1. The molecule has 0 saturated heterocycles. The fourth-order valence-corrected chi connectivity index (χ4v) is 1.77. The zero-order valence-electron chi connectivity index (χ0n) is 11.6. The minimum Gasteiger partial charge on any atom is -0.352 e. The van der Waals surface area contributed by atoms with E-state index in [0.29, 0.717) is 5.95 Å². The Hall–Kier alpha value is -2.11. The molecule has 19 heavy (non-hydrogen) atoms. The van der Waals surface area contributed by atoms with Crippen molar-refractivity contribution in [3.63, 3.8) is 0 Å². The van der Waals surface area contributed by atoms with Crippen molar-refractivity contribution in [3.8, 4) is 0 Å². The molecule has 6 heteroatoms. The molecular weight excluding hydrogens is 242 g/mol. The molecule has 2 heterocycles. The van der Waals surface area contributed by atoms with Crippen molar-refractivity contribution in [2.75, 3.05) is 5.32 Å². The number of fused-ring (bicyclic) bond motifs is 1. The Morgan fingerprint density at radius 2 is 2.05 bits per heavy atom. The standard InChI is InChI=1S/C13H19N5O/c1-8(2)14-12(19)10(4)15-13-16-11-7-5-6-9(3)18(11)17-13/h5-8,10H,1-4H3,(H,14,19)(H,15,17). The van der Waals surface area contributed by atoms with Gasteiger partial charge in [0, 0.05) is 11.7 Å². The van der Waals surface area contributed by atoms with Crippen molar-refractivity contribution >= 4 is 17.5 Å². The lowest BCUT2D eigenvalue weighted by atomic mass is 10.3. The third-order valence-electron chi connectivity index (χ3n) is 2.72.